The summed E-state index contributed by atoms with van der Waals surface area (Å²) in [5, 5.41) is 13.6. The largest absolute Gasteiger partial charge is 0.465 e. The zero-order valence-electron chi connectivity index (χ0n) is 27.5. The predicted octanol–water partition coefficient (Wildman–Crippen LogP) is 8.94. The molecule has 3 saturated carbocycles. The summed E-state index contributed by atoms with van der Waals surface area (Å²) in [4.78, 5) is 14.1. The van der Waals surface area contributed by atoms with Crippen LogP contribution in [0.5, 0.6) is 0 Å². The lowest BCUT2D eigenvalue weighted by Crippen LogP contribution is -2.52. The summed E-state index contributed by atoms with van der Waals surface area (Å²) in [6, 6.07) is 0.141. The molecule has 0 aromatic carbocycles. The summed E-state index contributed by atoms with van der Waals surface area (Å²) in [5.74, 6) is 5.08. The number of fused-ring (bicyclic) bond motifs is 5. The highest BCUT2D eigenvalue weighted by atomic mass is 35.5. The molecular weight excluding hydrogens is 565 g/mol. The molecule has 7 heteroatoms. The van der Waals surface area contributed by atoms with E-state index in [4.69, 9.17) is 5.73 Å². The first-order chi connectivity index (χ1) is 19.1. The number of nitrogens with zero attached hydrogens (tertiary/aromatic N) is 1. The van der Waals surface area contributed by atoms with Crippen molar-refractivity contribution in [3.63, 3.8) is 0 Å². The topological polar surface area (TPSA) is 78.6 Å². The van der Waals surface area contributed by atoms with E-state index in [1.54, 1.807) is 10.5 Å². The average molecular weight is 631 g/mol. The lowest BCUT2D eigenvalue weighted by Gasteiger charge is -2.59. The Morgan fingerprint density at radius 3 is 2.43 bits per heavy atom. The minimum Gasteiger partial charge on any atom is -0.465 e. The number of nitrogens with two attached hydrogens (primary N) is 1. The molecule has 0 aliphatic heterocycles. The molecule has 4 rings (SSSR count). The number of carbonyl (C=O) groups is 1. The number of halogens is 2. The second-order valence-electron chi connectivity index (χ2n) is 15.3. The summed E-state index contributed by atoms with van der Waals surface area (Å²) in [5.41, 5.74) is 7.97. The van der Waals surface area contributed by atoms with Crippen LogP contribution in [0.3, 0.4) is 0 Å². The average Bonchev–Trinajstić information content (AvgIpc) is 3.27. The second kappa shape index (κ2) is 16.7. The highest BCUT2D eigenvalue weighted by Crippen LogP contribution is 2.67. The zero-order valence-corrected chi connectivity index (χ0v) is 29.2. The second-order valence-corrected chi connectivity index (χ2v) is 15.3. The Bertz CT molecular complexity index is 869. The highest BCUT2D eigenvalue weighted by Gasteiger charge is 2.59. The predicted molar refractivity (Wildman–Crippen MR) is 182 cm³/mol. The Hall–Kier alpha value is -0.490. The standard InChI is InChI=1S/C35H63N3O2.2ClH/c1-25(2)10-8-11-26(3)30-14-15-31-29-13-12-27-24-28(16-18-34(27,4)32(29)17-19-35(30,31)5)38(33(39)40)23-9-22-37-21-7-6-20-36;;/h12,25-26,28-32,37H,6-11,13-24,36H2,1-5H3,(H,39,40);2*1H/t26-,28+,29+,30-,31+,32+,34+,35-;;/m1../s1. The zero-order chi connectivity index (χ0) is 28.9. The van der Waals surface area contributed by atoms with Crippen molar-refractivity contribution in [2.45, 2.75) is 131 Å². The molecule has 0 bridgehead atoms. The molecule has 0 unspecified atom stereocenters. The maximum atomic E-state index is 12.3. The fourth-order valence-electron chi connectivity index (χ4n) is 10.3. The Balaban J connectivity index is 0.00000308. The quantitative estimate of drug-likeness (QED) is 0.132. The Kier molecular flexibility index (Phi) is 15.0. The van der Waals surface area contributed by atoms with Gasteiger partial charge in [-0.05, 0) is 137 Å². The molecule has 246 valence electrons. The number of hydrogen-bond donors (Lipinski definition) is 3. The lowest BCUT2D eigenvalue weighted by molar-refractivity contribution is -0.0541. The van der Waals surface area contributed by atoms with E-state index in [1.807, 2.05) is 0 Å². The summed E-state index contributed by atoms with van der Waals surface area (Å²) in [7, 11) is 0. The molecule has 1 amide bonds. The van der Waals surface area contributed by atoms with Gasteiger partial charge >= 0.3 is 6.09 Å². The maximum absolute atomic E-state index is 12.3. The summed E-state index contributed by atoms with van der Waals surface area (Å²) in [6.07, 6.45) is 19.1. The molecule has 0 radical (unpaired) electrons. The van der Waals surface area contributed by atoms with Crippen molar-refractivity contribution in [2.75, 3.05) is 26.2 Å². The maximum Gasteiger partial charge on any atom is 0.407 e. The van der Waals surface area contributed by atoms with Gasteiger partial charge in [0.05, 0.1) is 0 Å². The van der Waals surface area contributed by atoms with Gasteiger partial charge in [0.1, 0.15) is 0 Å². The molecule has 4 N–H and O–H groups in total. The van der Waals surface area contributed by atoms with Crippen molar-refractivity contribution < 1.29 is 9.90 Å². The SMILES string of the molecule is CC(C)CCC[C@@H](C)[C@H]1CC[C@H]2[C@@H]3CC=C4C[C@@H](N(CCCNCCCCN)C(=O)O)CC[C@]4(C)[C@H]3CC[C@]12C.Cl.Cl. The number of amides is 1. The van der Waals surface area contributed by atoms with Gasteiger partial charge < -0.3 is 21.1 Å². The van der Waals surface area contributed by atoms with E-state index in [-0.39, 0.29) is 36.3 Å². The van der Waals surface area contributed by atoms with E-state index < -0.39 is 6.09 Å². The van der Waals surface area contributed by atoms with Crippen molar-refractivity contribution in [1.29, 1.82) is 0 Å². The van der Waals surface area contributed by atoms with Crippen molar-refractivity contribution in [1.82, 2.24) is 10.2 Å². The van der Waals surface area contributed by atoms with Crippen LogP contribution in [0.2, 0.25) is 0 Å². The van der Waals surface area contributed by atoms with Crippen molar-refractivity contribution in [3.05, 3.63) is 11.6 Å². The van der Waals surface area contributed by atoms with Gasteiger partial charge in [-0.15, -0.1) is 24.8 Å². The fourth-order valence-corrected chi connectivity index (χ4v) is 10.3. The third-order valence-corrected chi connectivity index (χ3v) is 12.5. The molecular formula is C35H65Cl2N3O2. The van der Waals surface area contributed by atoms with Crippen LogP contribution in [0.1, 0.15) is 125 Å². The molecule has 8 atom stereocenters. The van der Waals surface area contributed by atoms with Crippen LogP contribution in [0, 0.1) is 46.3 Å². The molecule has 42 heavy (non-hydrogen) atoms. The van der Waals surface area contributed by atoms with Crippen LogP contribution in [0.4, 0.5) is 4.79 Å². The number of nitrogens with one attached hydrogen (secondary N) is 1. The van der Waals surface area contributed by atoms with E-state index in [0.717, 1.165) is 93.7 Å². The van der Waals surface area contributed by atoms with Gasteiger partial charge in [-0.1, -0.05) is 65.5 Å². The molecule has 4 aliphatic carbocycles. The number of rotatable bonds is 14. The minimum absolute atomic E-state index is 0. The van der Waals surface area contributed by atoms with Gasteiger partial charge in [0, 0.05) is 12.6 Å². The lowest BCUT2D eigenvalue weighted by atomic mass is 9.46. The van der Waals surface area contributed by atoms with Crippen LogP contribution in [0.25, 0.3) is 0 Å². The normalized spacial score (nSPS) is 34.3. The molecule has 4 aliphatic rings. The summed E-state index contributed by atoms with van der Waals surface area (Å²) < 4.78 is 0. The first-order valence-corrected chi connectivity index (χ1v) is 17.2. The fraction of sp³-hybridized carbons (Fsp3) is 0.914. The third-order valence-electron chi connectivity index (χ3n) is 12.5. The Morgan fingerprint density at radius 1 is 1.00 bits per heavy atom. The van der Waals surface area contributed by atoms with E-state index in [0.29, 0.717) is 12.0 Å². The number of carboxylic acid groups (broad SMARTS) is 1. The molecule has 0 aromatic heterocycles. The molecule has 0 aromatic rings. The van der Waals surface area contributed by atoms with Crippen molar-refractivity contribution in [3.8, 4) is 0 Å². The smallest absolute Gasteiger partial charge is 0.407 e. The van der Waals surface area contributed by atoms with Gasteiger partial charge in [0.15, 0.2) is 0 Å². The van der Waals surface area contributed by atoms with Gasteiger partial charge in [-0.25, -0.2) is 4.79 Å². The van der Waals surface area contributed by atoms with Crippen LogP contribution in [0.15, 0.2) is 11.6 Å². The first-order valence-electron chi connectivity index (χ1n) is 17.2. The van der Waals surface area contributed by atoms with E-state index >= 15 is 0 Å². The highest BCUT2D eigenvalue weighted by molar-refractivity contribution is 5.85. The summed E-state index contributed by atoms with van der Waals surface area (Å²) in [6.45, 7) is 15.8. The first kappa shape index (κ1) is 37.7. The van der Waals surface area contributed by atoms with Crippen molar-refractivity contribution >= 4 is 30.9 Å². The molecule has 3 fully saturated rings. The van der Waals surface area contributed by atoms with E-state index in [1.165, 1.54) is 51.4 Å². The van der Waals surface area contributed by atoms with Crippen LogP contribution < -0.4 is 11.1 Å². The van der Waals surface area contributed by atoms with Crippen LogP contribution in [-0.4, -0.2) is 48.3 Å². The Morgan fingerprint density at radius 2 is 1.74 bits per heavy atom. The Labute approximate surface area is 270 Å². The van der Waals surface area contributed by atoms with Crippen molar-refractivity contribution in [2.24, 2.45) is 52.1 Å². The number of allylic oxidation sites excluding steroid dienone is 1. The number of hydrogen-bond acceptors (Lipinski definition) is 3. The van der Waals surface area contributed by atoms with Gasteiger partial charge in [-0.2, -0.15) is 0 Å². The third kappa shape index (κ3) is 8.20. The van der Waals surface area contributed by atoms with E-state index in [2.05, 4.69) is 46.0 Å². The van der Waals surface area contributed by atoms with Gasteiger partial charge in [0.25, 0.3) is 0 Å². The van der Waals surface area contributed by atoms with Crippen LogP contribution >= 0.6 is 24.8 Å². The molecule has 0 spiro atoms. The van der Waals surface area contributed by atoms with Gasteiger partial charge in [-0.3, -0.25) is 0 Å². The van der Waals surface area contributed by atoms with Crippen LogP contribution in [-0.2, 0) is 0 Å². The monoisotopic (exact) mass is 629 g/mol. The summed E-state index contributed by atoms with van der Waals surface area (Å²) >= 11 is 0. The molecule has 0 saturated heterocycles. The molecule has 5 nitrogen and oxygen atoms in total. The molecule has 0 heterocycles. The minimum atomic E-state index is -0.737. The van der Waals surface area contributed by atoms with Gasteiger partial charge in [0.2, 0.25) is 0 Å². The number of unbranched alkanes of at least 4 members (excludes halogenated alkanes) is 1. The van der Waals surface area contributed by atoms with E-state index in [9.17, 15) is 9.90 Å².